The van der Waals surface area contributed by atoms with Crippen LogP contribution in [0.4, 0.5) is 0 Å². The predicted molar refractivity (Wildman–Crippen MR) is 113 cm³/mol. The number of likely N-dealkylation sites (N-methyl/N-ethyl adjacent to an activating group) is 1. The summed E-state index contributed by atoms with van der Waals surface area (Å²) >= 11 is 0. The van der Waals surface area contributed by atoms with Crippen molar-refractivity contribution in [1.82, 2.24) is 10.7 Å². The topological polar surface area (TPSA) is 76.1 Å². The molecule has 0 heterocycles. The normalized spacial score (nSPS) is 12.9. The third-order valence-corrected chi connectivity index (χ3v) is 4.56. The molecule has 0 radical (unpaired) electrons. The summed E-state index contributed by atoms with van der Waals surface area (Å²) in [5, 5.41) is 3.29. The zero-order valence-corrected chi connectivity index (χ0v) is 15.5. The Morgan fingerprint density at radius 3 is 2.31 bits per heavy atom. The first-order valence-electron chi connectivity index (χ1n) is 8.66. The van der Waals surface area contributed by atoms with Crippen molar-refractivity contribution in [2.75, 3.05) is 7.05 Å². The van der Waals surface area contributed by atoms with E-state index in [1.165, 1.54) is 16.7 Å². The second-order valence-corrected chi connectivity index (χ2v) is 6.26. The lowest BCUT2D eigenvalue weighted by Crippen LogP contribution is -2.23. The van der Waals surface area contributed by atoms with Gasteiger partial charge in [-0.1, -0.05) is 61.7 Å². The van der Waals surface area contributed by atoms with E-state index >= 15 is 0 Å². The highest BCUT2D eigenvalue weighted by atomic mass is 15.2. The molecule has 0 spiro atoms. The van der Waals surface area contributed by atoms with Crippen LogP contribution < -0.4 is 22.3 Å². The monoisotopic (exact) mass is 348 g/mol. The number of nitrogens with one attached hydrogen (secondary N) is 2. The summed E-state index contributed by atoms with van der Waals surface area (Å²) in [5.41, 5.74) is 15.5. The van der Waals surface area contributed by atoms with Crippen LogP contribution in [-0.2, 0) is 6.42 Å². The molecular formula is C22H28N4. The van der Waals surface area contributed by atoms with E-state index in [2.05, 4.69) is 61.2 Å². The number of hydrogen-bond donors (Lipinski definition) is 4. The quantitative estimate of drug-likeness (QED) is 0.335. The third-order valence-electron chi connectivity index (χ3n) is 4.56. The summed E-state index contributed by atoms with van der Waals surface area (Å²) in [5.74, 6) is 5.47. The molecule has 1 atom stereocenters. The van der Waals surface area contributed by atoms with Crippen LogP contribution in [0.25, 0.3) is 22.9 Å². The van der Waals surface area contributed by atoms with Gasteiger partial charge in [0.15, 0.2) is 0 Å². The molecule has 0 fully saturated rings. The summed E-state index contributed by atoms with van der Waals surface area (Å²) in [4.78, 5) is 0. The van der Waals surface area contributed by atoms with Crippen LogP contribution in [-0.4, -0.2) is 13.1 Å². The molecule has 1 unspecified atom stereocenters. The van der Waals surface area contributed by atoms with Gasteiger partial charge in [0.1, 0.15) is 0 Å². The predicted octanol–water partition coefficient (Wildman–Crippen LogP) is 3.42. The van der Waals surface area contributed by atoms with E-state index < -0.39 is 0 Å². The molecule has 0 saturated carbocycles. The van der Waals surface area contributed by atoms with Crippen molar-refractivity contribution in [3.8, 4) is 11.1 Å². The lowest BCUT2D eigenvalue weighted by molar-refractivity contribution is 0.608. The number of rotatable bonds is 8. The molecule has 0 aliphatic heterocycles. The van der Waals surface area contributed by atoms with Crippen LogP contribution in [0.5, 0.6) is 0 Å². The van der Waals surface area contributed by atoms with E-state index in [9.17, 15) is 0 Å². The summed E-state index contributed by atoms with van der Waals surface area (Å²) in [7, 11) is 1.98. The molecule has 2 aromatic carbocycles. The summed E-state index contributed by atoms with van der Waals surface area (Å²) in [6.45, 7) is 9.81. The Balaban J connectivity index is 2.37. The van der Waals surface area contributed by atoms with E-state index in [4.69, 9.17) is 11.6 Å². The Bertz CT molecular complexity index is 803. The second-order valence-electron chi connectivity index (χ2n) is 6.26. The van der Waals surface area contributed by atoms with Crippen molar-refractivity contribution in [2.45, 2.75) is 19.4 Å². The molecule has 4 heteroatoms. The number of hydrogen-bond acceptors (Lipinski definition) is 4. The maximum atomic E-state index is 6.13. The minimum absolute atomic E-state index is 0.400. The van der Waals surface area contributed by atoms with Gasteiger partial charge in [0.2, 0.25) is 0 Å². The summed E-state index contributed by atoms with van der Waals surface area (Å²) < 4.78 is 0. The lowest BCUT2D eigenvalue weighted by atomic mass is 9.94. The van der Waals surface area contributed by atoms with Crippen molar-refractivity contribution >= 4 is 11.8 Å². The van der Waals surface area contributed by atoms with Crippen molar-refractivity contribution in [2.24, 2.45) is 11.6 Å². The fourth-order valence-electron chi connectivity index (χ4n) is 2.84. The zero-order chi connectivity index (χ0) is 19.1. The van der Waals surface area contributed by atoms with E-state index in [-0.39, 0.29) is 0 Å². The van der Waals surface area contributed by atoms with E-state index in [0.29, 0.717) is 17.4 Å². The van der Waals surface area contributed by atoms with Crippen molar-refractivity contribution < 1.29 is 0 Å². The highest BCUT2D eigenvalue weighted by molar-refractivity contribution is 5.72. The van der Waals surface area contributed by atoms with E-state index in [0.717, 1.165) is 17.5 Å². The van der Waals surface area contributed by atoms with Gasteiger partial charge in [-0.15, -0.1) is 0 Å². The zero-order valence-electron chi connectivity index (χ0n) is 15.5. The Morgan fingerprint density at radius 2 is 1.77 bits per heavy atom. The molecule has 4 nitrogen and oxygen atoms in total. The number of allylic oxidation sites excluding steroid dienone is 1. The molecule has 26 heavy (non-hydrogen) atoms. The lowest BCUT2D eigenvalue weighted by Gasteiger charge is -2.14. The smallest absolute Gasteiger partial charge is 0.0716 e. The van der Waals surface area contributed by atoms with Gasteiger partial charge in [-0.25, -0.2) is 0 Å². The molecule has 2 aromatic rings. The number of hydrazine groups is 1. The maximum Gasteiger partial charge on any atom is 0.0716 e. The SMILES string of the molecule is C=C/C(NN)=C(/N)c1ccc(-c2ccc(C=C)c(CC(C)NC)c2)cc1. The Labute approximate surface area is 156 Å². The molecule has 0 amide bonds. The van der Waals surface area contributed by atoms with E-state index in [1.54, 1.807) is 6.08 Å². The molecule has 0 aliphatic carbocycles. The molecule has 0 aromatic heterocycles. The van der Waals surface area contributed by atoms with Gasteiger partial charge in [-0.3, -0.25) is 5.84 Å². The van der Waals surface area contributed by atoms with Crippen LogP contribution in [0.1, 0.15) is 23.6 Å². The minimum atomic E-state index is 0.400. The fraction of sp³-hybridized carbons (Fsp3) is 0.182. The number of benzene rings is 2. The molecular weight excluding hydrogens is 320 g/mol. The Morgan fingerprint density at radius 1 is 1.12 bits per heavy atom. The highest BCUT2D eigenvalue weighted by Crippen LogP contribution is 2.26. The van der Waals surface area contributed by atoms with Crippen molar-refractivity contribution in [1.29, 1.82) is 0 Å². The van der Waals surface area contributed by atoms with Gasteiger partial charge < -0.3 is 16.5 Å². The molecule has 6 N–H and O–H groups in total. The van der Waals surface area contributed by atoms with Gasteiger partial charge in [-0.2, -0.15) is 0 Å². The first-order chi connectivity index (χ1) is 12.5. The molecule has 0 saturated heterocycles. The van der Waals surface area contributed by atoms with Crippen molar-refractivity contribution in [3.05, 3.63) is 84.1 Å². The average molecular weight is 348 g/mol. The van der Waals surface area contributed by atoms with Crippen LogP contribution in [0.15, 0.2) is 67.4 Å². The molecule has 2 rings (SSSR count). The van der Waals surface area contributed by atoms with Gasteiger partial charge in [0.05, 0.1) is 11.4 Å². The highest BCUT2D eigenvalue weighted by Gasteiger charge is 2.08. The first kappa shape index (κ1) is 19.5. The van der Waals surface area contributed by atoms with Gasteiger partial charge in [-0.05, 0) is 54.3 Å². The summed E-state index contributed by atoms with van der Waals surface area (Å²) in [6, 6.07) is 15.0. The average Bonchev–Trinajstić information content (AvgIpc) is 2.68. The first-order valence-corrected chi connectivity index (χ1v) is 8.66. The van der Waals surface area contributed by atoms with Crippen LogP contribution in [0.2, 0.25) is 0 Å². The largest absolute Gasteiger partial charge is 0.397 e. The van der Waals surface area contributed by atoms with Gasteiger partial charge in [0, 0.05) is 6.04 Å². The van der Waals surface area contributed by atoms with Gasteiger partial charge >= 0.3 is 0 Å². The standard InChI is InChI=1S/C22H28N4/c1-5-16-7-12-19(14-20(16)13-15(3)25-4)17-8-10-18(11-9-17)22(23)21(6-2)26-24/h5-12,14-15,25-26H,1-2,13,23-24H2,3-4H3/b22-21-. The van der Waals surface area contributed by atoms with Gasteiger partial charge in [0.25, 0.3) is 0 Å². The Kier molecular flexibility index (Phi) is 6.78. The molecule has 136 valence electrons. The maximum absolute atomic E-state index is 6.13. The summed E-state index contributed by atoms with van der Waals surface area (Å²) in [6.07, 6.45) is 4.46. The minimum Gasteiger partial charge on any atom is -0.397 e. The van der Waals surface area contributed by atoms with Crippen molar-refractivity contribution in [3.63, 3.8) is 0 Å². The Hall–Kier alpha value is -2.82. The molecule has 0 bridgehead atoms. The van der Waals surface area contributed by atoms with Crippen LogP contribution in [0.3, 0.4) is 0 Å². The second kappa shape index (κ2) is 9.04. The van der Waals surface area contributed by atoms with E-state index in [1.807, 2.05) is 25.3 Å². The number of nitrogens with two attached hydrogens (primary N) is 2. The van der Waals surface area contributed by atoms with Crippen LogP contribution >= 0.6 is 0 Å². The molecule has 0 aliphatic rings. The third kappa shape index (κ3) is 4.42. The fourth-order valence-corrected chi connectivity index (χ4v) is 2.84. The van der Waals surface area contributed by atoms with Crippen LogP contribution in [0, 0.1) is 0 Å².